The lowest BCUT2D eigenvalue weighted by Gasteiger charge is -2.19. The molecule has 0 amide bonds. The molecule has 14 heavy (non-hydrogen) atoms. The van der Waals surface area contributed by atoms with E-state index in [4.69, 9.17) is 9.47 Å². The number of hydrogen-bond donors (Lipinski definition) is 0. The van der Waals surface area contributed by atoms with E-state index in [2.05, 4.69) is 15.9 Å². The molecule has 7 heteroatoms. The molecule has 86 valence electrons. The molecule has 0 atom stereocenters. The average molecular weight is 290 g/mol. The van der Waals surface area contributed by atoms with E-state index in [9.17, 15) is 8.42 Å². The minimum absolute atomic E-state index is 0.0760. The zero-order valence-electron chi connectivity index (χ0n) is 8.40. The van der Waals surface area contributed by atoms with Crippen molar-refractivity contribution in [2.75, 3.05) is 45.2 Å². The van der Waals surface area contributed by atoms with Crippen LogP contribution in [0, 0.1) is 0 Å². The molecule has 0 saturated heterocycles. The summed E-state index contributed by atoms with van der Waals surface area (Å²) < 4.78 is 33.9. The summed E-state index contributed by atoms with van der Waals surface area (Å²) in [6.45, 7) is 1.48. The highest BCUT2D eigenvalue weighted by molar-refractivity contribution is 9.10. The van der Waals surface area contributed by atoms with Gasteiger partial charge in [0.15, 0.2) is 0 Å². The molecule has 5 nitrogen and oxygen atoms in total. The van der Waals surface area contributed by atoms with Crippen molar-refractivity contribution in [1.82, 2.24) is 4.31 Å². The Kier molecular flexibility index (Phi) is 7.75. The summed E-state index contributed by atoms with van der Waals surface area (Å²) in [5, 5.41) is 0. The normalized spacial score (nSPS) is 12.3. The topological polar surface area (TPSA) is 55.8 Å². The quantitative estimate of drug-likeness (QED) is 0.602. The fourth-order valence-corrected chi connectivity index (χ4v) is 2.56. The summed E-state index contributed by atoms with van der Waals surface area (Å²) in [5.74, 6) is 0. The van der Waals surface area contributed by atoms with Gasteiger partial charge in [-0.1, -0.05) is 15.9 Å². The summed E-state index contributed by atoms with van der Waals surface area (Å²) in [6, 6.07) is 0. The maximum atomic E-state index is 11.5. The lowest BCUT2D eigenvalue weighted by molar-refractivity contribution is 0.150. The summed E-state index contributed by atoms with van der Waals surface area (Å²) in [4.78, 5) is 0. The molecule has 0 spiro atoms. The van der Waals surface area contributed by atoms with Gasteiger partial charge in [0.2, 0.25) is 10.0 Å². The van der Waals surface area contributed by atoms with Gasteiger partial charge in [-0.25, -0.2) is 8.42 Å². The van der Waals surface area contributed by atoms with Crippen LogP contribution in [-0.2, 0) is 19.5 Å². The van der Waals surface area contributed by atoms with E-state index in [0.29, 0.717) is 26.3 Å². The first kappa shape index (κ1) is 14.3. The summed E-state index contributed by atoms with van der Waals surface area (Å²) >= 11 is 2.94. The Morgan fingerprint density at radius 2 is 1.57 bits per heavy atom. The first-order chi connectivity index (χ1) is 6.58. The van der Waals surface area contributed by atoms with Gasteiger partial charge in [0.05, 0.1) is 13.2 Å². The molecule has 0 rings (SSSR count). The van der Waals surface area contributed by atoms with Crippen LogP contribution < -0.4 is 0 Å². The van der Waals surface area contributed by atoms with Gasteiger partial charge in [0.25, 0.3) is 0 Å². The second-order valence-electron chi connectivity index (χ2n) is 2.61. The highest BCUT2D eigenvalue weighted by atomic mass is 79.9. The maximum absolute atomic E-state index is 11.5. The molecule has 0 heterocycles. The van der Waals surface area contributed by atoms with Gasteiger partial charge in [0, 0.05) is 27.3 Å². The number of sulfonamides is 1. The number of nitrogens with zero attached hydrogens (tertiary/aromatic N) is 1. The van der Waals surface area contributed by atoms with Crippen LogP contribution in [0.1, 0.15) is 0 Å². The lowest BCUT2D eigenvalue weighted by atomic mass is 10.6. The third-order valence-corrected chi connectivity index (χ3v) is 4.78. The number of rotatable bonds is 8. The average Bonchev–Trinajstić information content (AvgIpc) is 2.17. The largest absolute Gasteiger partial charge is 0.383 e. The number of hydrogen-bond acceptors (Lipinski definition) is 4. The molecule has 0 saturated carbocycles. The molecule has 0 aliphatic heterocycles. The van der Waals surface area contributed by atoms with Crippen LogP contribution in [-0.4, -0.2) is 57.9 Å². The Morgan fingerprint density at radius 3 is 1.86 bits per heavy atom. The van der Waals surface area contributed by atoms with Gasteiger partial charge in [-0.15, -0.1) is 0 Å². The minimum atomic E-state index is -3.21. The van der Waals surface area contributed by atoms with E-state index in [1.165, 1.54) is 18.5 Å². The highest BCUT2D eigenvalue weighted by Crippen LogP contribution is 2.04. The molecule has 0 aliphatic rings. The maximum Gasteiger partial charge on any atom is 0.224 e. The molecule has 0 N–H and O–H groups in total. The molecule has 0 unspecified atom stereocenters. The zero-order valence-corrected chi connectivity index (χ0v) is 10.8. The van der Waals surface area contributed by atoms with Gasteiger partial charge >= 0.3 is 0 Å². The molecule has 0 radical (unpaired) electrons. The zero-order chi connectivity index (χ0) is 11.0. The van der Waals surface area contributed by atoms with E-state index in [1.807, 2.05) is 0 Å². The number of ether oxygens (including phenoxy) is 2. The van der Waals surface area contributed by atoms with Crippen molar-refractivity contribution in [2.45, 2.75) is 0 Å². The van der Waals surface area contributed by atoms with E-state index in [0.717, 1.165) is 0 Å². The highest BCUT2D eigenvalue weighted by Gasteiger charge is 2.19. The Morgan fingerprint density at radius 1 is 1.14 bits per heavy atom. The van der Waals surface area contributed by atoms with Crippen LogP contribution in [0.15, 0.2) is 0 Å². The third kappa shape index (κ3) is 5.26. The van der Waals surface area contributed by atoms with E-state index < -0.39 is 10.0 Å². The van der Waals surface area contributed by atoms with Crippen LogP contribution >= 0.6 is 15.9 Å². The smallest absolute Gasteiger partial charge is 0.224 e. The van der Waals surface area contributed by atoms with Gasteiger partial charge in [0.1, 0.15) is 4.66 Å². The van der Waals surface area contributed by atoms with Gasteiger partial charge in [-0.3, -0.25) is 0 Å². The molecule has 0 aliphatic carbocycles. The van der Waals surface area contributed by atoms with Gasteiger partial charge in [-0.2, -0.15) is 4.31 Å². The molecule has 0 aromatic heterocycles. The monoisotopic (exact) mass is 289 g/mol. The molecule has 0 bridgehead atoms. The van der Waals surface area contributed by atoms with Crippen LogP contribution in [0.25, 0.3) is 0 Å². The van der Waals surface area contributed by atoms with Crippen molar-refractivity contribution in [3.8, 4) is 0 Å². The minimum Gasteiger partial charge on any atom is -0.383 e. The van der Waals surface area contributed by atoms with Crippen LogP contribution in [0.2, 0.25) is 0 Å². The Hall–Kier alpha value is 0.310. The fraction of sp³-hybridized carbons (Fsp3) is 1.00. The van der Waals surface area contributed by atoms with E-state index in [1.54, 1.807) is 0 Å². The predicted octanol–water partition coefficient (Wildman–Crippen LogP) is 0.263. The van der Waals surface area contributed by atoms with E-state index >= 15 is 0 Å². The standard InChI is InChI=1S/C7H16BrNO4S/c1-12-5-3-9(4-6-13-2)14(10,11)7-8/h3-7H2,1-2H3. The predicted molar refractivity (Wildman–Crippen MR) is 58.0 cm³/mol. The SMILES string of the molecule is COCCN(CCOC)S(=O)(=O)CBr. The second-order valence-corrected chi connectivity index (χ2v) is 5.88. The molecular weight excluding hydrogens is 274 g/mol. The van der Waals surface area contributed by atoms with Gasteiger partial charge in [-0.05, 0) is 0 Å². The molecule has 0 aromatic carbocycles. The molecule has 0 aromatic rings. The van der Waals surface area contributed by atoms with Crippen molar-refractivity contribution in [3.05, 3.63) is 0 Å². The first-order valence-electron chi connectivity index (χ1n) is 4.10. The van der Waals surface area contributed by atoms with Crippen LogP contribution in [0.3, 0.4) is 0 Å². The fourth-order valence-electron chi connectivity index (χ4n) is 0.845. The third-order valence-electron chi connectivity index (χ3n) is 1.62. The summed E-state index contributed by atoms with van der Waals surface area (Å²) in [7, 11) is -0.141. The van der Waals surface area contributed by atoms with Crippen molar-refractivity contribution in [1.29, 1.82) is 0 Å². The number of methoxy groups -OCH3 is 2. The van der Waals surface area contributed by atoms with Crippen molar-refractivity contribution in [3.63, 3.8) is 0 Å². The lowest BCUT2D eigenvalue weighted by Crippen LogP contribution is -2.36. The van der Waals surface area contributed by atoms with Crippen molar-refractivity contribution >= 4 is 26.0 Å². The first-order valence-corrected chi connectivity index (χ1v) is 6.83. The van der Waals surface area contributed by atoms with Crippen molar-refractivity contribution < 1.29 is 17.9 Å². The molecule has 0 fully saturated rings. The van der Waals surface area contributed by atoms with Gasteiger partial charge < -0.3 is 9.47 Å². The second kappa shape index (κ2) is 7.58. The summed E-state index contributed by atoms with van der Waals surface area (Å²) in [6.07, 6.45) is 0. The Balaban J connectivity index is 4.23. The van der Waals surface area contributed by atoms with E-state index in [-0.39, 0.29) is 4.66 Å². The summed E-state index contributed by atoms with van der Waals surface area (Å²) in [5.41, 5.74) is 0. The number of halogens is 1. The van der Waals surface area contributed by atoms with Crippen LogP contribution in [0.5, 0.6) is 0 Å². The van der Waals surface area contributed by atoms with Crippen molar-refractivity contribution in [2.24, 2.45) is 0 Å². The van der Waals surface area contributed by atoms with Crippen LogP contribution in [0.4, 0.5) is 0 Å². The Bertz CT molecular complexity index is 224. The molecular formula is C7H16BrNO4S. The number of alkyl halides is 1. The Labute approximate surface area is 93.5 Å².